The van der Waals surface area contributed by atoms with E-state index < -0.39 is 0 Å². The SMILES string of the molecule is CC(C)(C)N1[C@H](C(N)=O)C[C@@]2(C3=NCCN3)C[C@@H]12. The highest BCUT2D eigenvalue weighted by atomic mass is 16.1. The van der Waals surface area contributed by atoms with Gasteiger partial charge in [-0.15, -0.1) is 0 Å². The first-order chi connectivity index (χ1) is 8.36. The molecule has 2 aliphatic heterocycles. The van der Waals surface area contributed by atoms with Crippen LogP contribution in [-0.2, 0) is 4.79 Å². The number of nitrogens with one attached hydrogen (secondary N) is 1. The number of hydrogen-bond donors (Lipinski definition) is 2. The molecule has 5 heteroatoms. The Kier molecular flexibility index (Phi) is 2.31. The Morgan fingerprint density at radius 2 is 2.22 bits per heavy atom. The summed E-state index contributed by atoms with van der Waals surface area (Å²) in [4.78, 5) is 18.6. The molecule has 2 fully saturated rings. The molecule has 3 N–H and O–H groups in total. The lowest BCUT2D eigenvalue weighted by Crippen LogP contribution is -2.51. The van der Waals surface area contributed by atoms with E-state index in [-0.39, 0.29) is 22.9 Å². The average Bonchev–Trinajstić information content (AvgIpc) is 2.70. The van der Waals surface area contributed by atoms with Crippen molar-refractivity contribution in [3.8, 4) is 0 Å². The Morgan fingerprint density at radius 1 is 1.50 bits per heavy atom. The van der Waals surface area contributed by atoms with Gasteiger partial charge in [-0.25, -0.2) is 0 Å². The smallest absolute Gasteiger partial charge is 0.234 e. The zero-order valence-corrected chi connectivity index (χ0v) is 11.4. The van der Waals surface area contributed by atoms with Crippen LogP contribution in [0.15, 0.2) is 4.99 Å². The van der Waals surface area contributed by atoms with Crippen molar-refractivity contribution in [2.45, 2.75) is 51.2 Å². The second-order valence-corrected chi connectivity index (χ2v) is 6.73. The van der Waals surface area contributed by atoms with Gasteiger partial charge in [0.25, 0.3) is 0 Å². The van der Waals surface area contributed by atoms with Crippen molar-refractivity contribution in [2.24, 2.45) is 16.1 Å². The molecule has 3 rings (SSSR count). The van der Waals surface area contributed by atoms with Gasteiger partial charge in [0.15, 0.2) is 0 Å². The molecule has 2 heterocycles. The molecule has 1 saturated heterocycles. The molecule has 5 nitrogen and oxygen atoms in total. The Labute approximate surface area is 108 Å². The van der Waals surface area contributed by atoms with Gasteiger partial charge in [-0.2, -0.15) is 0 Å². The highest BCUT2D eigenvalue weighted by Gasteiger charge is 2.70. The number of nitrogens with two attached hydrogens (primary N) is 1. The van der Waals surface area contributed by atoms with Crippen LogP contribution in [0.2, 0.25) is 0 Å². The topological polar surface area (TPSA) is 70.7 Å². The van der Waals surface area contributed by atoms with Crippen molar-refractivity contribution in [1.29, 1.82) is 0 Å². The number of piperidine rings is 1. The molecule has 1 aliphatic carbocycles. The van der Waals surface area contributed by atoms with E-state index in [2.05, 4.69) is 36.0 Å². The van der Waals surface area contributed by atoms with E-state index in [1.165, 1.54) is 0 Å². The highest BCUT2D eigenvalue weighted by molar-refractivity contribution is 5.95. The summed E-state index contributed by atoms with van der Waals surface area (Å²) in [6.45, 7) is 8.25. The number of carbonyl (C=O) groups is 1. The molecule has 0 unspecified atom stereocenters. The third kappa shape index (κ3) is 1.49. The van der Waals surface area contributed by atoms with Gasteiger partial charge >= 0.3 is 0 Å². The molecule has 1 amide bonds. The lowest BCUT2D eigenvalue weighted by molar-refractivity contribution is -0.124. The molecular formula is C13H22N4O. The lowest BCUT2D eigenvalue weighted by atomic mass is 9.97. The van der Waals surface area contributed by atoms with Crippen LogP contribution < -0.4 is 11.1 Å². The number of rotatable bonds is 2. The van der Waals surface area contributed by atoms with Gasteiger partial charge in [0.2, 0.25) is 5.91 Å². The van der Waals surface area contributed by atoms with Crippen LogP contribution in [0, 0.1) is 5.41 Å². The molecule has 18 heavy (non-hydrogen) atoms. The minimum absolute atomic E-state index is 0.0260. The second-order valence-electron chi connectivity index (χ2n) is 6.73. The van der Waals surface area contributed by atoms with E-state index in [1.807, 2.05) is 0 Å². The van der Waals surface area contributed by atoms with Crippen molar-refractivity contribution in [3.05, 3.63) is 0 Å². The molecule has 0 spiro atoms. The van der Waals surface area contributed by atoms with E-state index in [9.17, 15) is 4.79 Å². The highest BCUT2D eigenvalue weighted by Crippen LogP contribution is 2.61. The normalized spacial score (nSPS) is 39.2. The second kappa shape index (κ2) is 3.47. The maximum atomic E-state index is 11.7. The van der Waals surface area contributed by atoms with Gasteiger partial charge in [0, 0.05) is 23.5 Å². The zero-order valence-electron chi connectivity index (χ0n) is 11.4. The number of amides is 1. The van der Waals surface area contributed by atoms with Gasteiger partial charge in [-0.05, 0) is 33.6 Å². The largest absolute Gasteiger partial charge is 0.371 e. The zero-order chi connectivity index (χ0) is 13.1. The van der Waals surface area contributed by atoms with Gasteiger partial charge in [-0.3, -0.25) is 14.7 Å². The number of primary amides is 1. The van der Waals surface area contributed by atoms with E-state index in [1.54, 1.807) is 0 Å². The first-order valence-electron chi connectivity index (χ1n) is 6.73. The summed E-state index contributed by atoms with van der Waals surface area (Å²) >= 11 is 0. The lowest BCUT2D eigenvalue weighted by Gasteiger charge is -2.37. The van der Waals surface area contributed by atoms with Crippen LogP contribution in [0.3, 0.4) is 0 Å². The van der Waals surface area contributed by atoms with E-state index in [4.69, 9.17) is 5.73 Å². The van der Waals surface area contributed by atoms with E-state index in [0.29, 0.717) is 6.04 Å². The number of aliphatic imine (C=N–C) groups is 1. The molecule has 3 atom stereocenters. The standard InChI is InChI=1S/C13H22N4O/c1-12(2,3)17-8(10(14)18)6-13(7-9(13)17)11-15-4-5-16-11/h8-9H,4-7H2,1-3H3,(H2,14,18)(H,15,16)/t8-,9+,13+/m0/s1. The van der Waals surface area contributed by atoms with Crippen molar-refractivity contribution < 1.29 is 4.79 Å². The predicted octanol–water partition coefficient (Wildman–Crippen LogP) is 0.105. The first kappa shape index (κ1) is 12.0. The number of hydrogen-bond acceptors (Lipinski definition) is 4. The monoisotopic (exact) mass is 250 g/mol. The molecule has 0 radical (unpaired) electrons. The Hall–Kier alpha value is -1.10. The summed E-state index contributed by atoms with van der Waals surface area (Å²) in [5, 5.41) is 3.38. The summed E-state index contributed by atoms with van der Waals surface area (Å²) in [6.07, 6.45) is 1.94. The van der Waals surface area contributed by atoms with Crippen LogP contribution in [0.25, 0.3) is 0 Å². The third-order valence-electron chi connectivity index (χ3n) is 4.51. The van der Waals surface area contributed by atoms with Crippen LogP contribution >= 0.6 is 0 Å². The molecular weight excluding hydrogens is 228 g/mol. The van der Waals surface area contributed by atoms with Gasteiger partial charge < -0.3 is 11.1 Å². The van der Waals surface area contributed by atoms with Crippen molar-refractivity contribution in [2.75, 3.05) is 13.1 Å². The molecule has 0 aromatic carbocycles. The summed E-state index contributed by atoms with van der Waals surface area (Å²) in [5.74, 6) is 0.917. The van der Waals surface area contributed by atoms with Gasteiger partial charge in [0.05, 0.1) is 12.6 Å². The predicted molar refractivity (Wildman–Crippen MR) is 70.3 cm³/mol. The fourth-order valence-electron chi connectivity index (χ4n) is 3.79. The van der Waals surface area contributed by atoms with Crippen LogP contribution in [0.1, 0.15) is 33.6 Å². The van der Waals surface area contributed by atoms with Crippen molar-refractivity contribution in [3.63, 3.8) is 0 Å². The summed E-state index contributed by atoms with van der Waals surface area (Å²) in [6, 6.07) is 0.285. The number of carbonyl (C=O) groups excluding carboxylic acids is 1. The van der Waals surface area contributed by atoms with Crippen LogP contribution in [0.5, 0.6) is 0 Å². The van der Waals surface area contributed by atoms with Gasteiger partial charge in [0.1, 0.15) is 5.84 Å². The Morgan fingerprint density at radius 3 is 2.67 bits per heavy atom. The fourth-order valence-corrected chi connectivity index (χ4v) is 3.79. The fraction of sp³-hybridized carbons (Fsp3) is 0.846. The van der Waals surface area contributed by atoms with Gasteiger partial charge in [-0.1, -0.05) is 0 Å². The number of amidine groups is 1. The minimum Gasteiger partial charge on any atom is -0.371 e. The average molecular weight is 250 g/mol. The number of likely N-dealkylation sites (tertiary alicyclic amines) is 1. The quantitative estimate of drug-likeness (QED) is 0.730. The van der Waals surface area contributed by atoms with Crippen LogP contribution in [-0.4, -0.2) is 47.4 Å². The Bertz CT molecular complexity index is 425. The van der Waals surface area contributed by atoms with Crippen LogP contribution in [0.4, 0.5) is 0 Å². The molecule has 3 aliphatic rings. The van der Waals surface area contributed by atoms with E-state index in [0.717, 1.165) is 31.8 Å². The maximum absolute atomic E-state index is 11.7. The van der Waals surface area contributed by atoms with E-state index >= 15 is 0 Å². The molecule has 100 valence electrons. The maximum Gasteiger partial charge on any atom is 0.234 e. The summed E-state index contributed by atoms with van der Waals surface area (Å²) in [5.41, 5.74) is 5.65. The molecule has 0 bridgehead atoms. The Balaban J connectivity index is 1.91. The van der Waals surface area contributed by atoms with Crippen molar-refractivity contribution in [1.82, 2.24) is 10.2 Å². The summed E-state index contributed by atoms with van der Waals surface area (Å²) in [7, 11) is 0. The summed E-state index contributed by atoms with van der Waals surface area (Å²) < 4.78 is 0. The van der Waals surface area contributed by atoms with Crippen molar-refractivity contribution >= 4 is 11.7 Å². The third-order valence-corrected chi connectivity index (χ3v) is 4.51. The number of fused-ring (bicyclic) bond motifs is 1. The molecule has 0 aromatic heterocycles. The number of nitrogens with zero attached hydrogens (tertiary/aromatic N) is 2. The molecule has 0 aromatic rings. The first-order valence-corrected chi connectivity index (χ1v) is 6.73. The molecule has 1 saturated carbocycles. The minimum atomic E-state index is -0.199.